The number of rotatable bonds is 4. The molecule has 0 bridgehead atoms. The summed E-state index contributed by atoms with van der Waals surface area (Å²) < 4.78 is 5.28. The van der Waals surface area contributed by atoms with Crippen molar-refractivity contribution in [2.75, 3.05) is 25.6 Å². The van der Waals surface area contributed by atoms with Crippen molar-refractivity contribution in [1.82, 2.24) is 10.3 Å². The fraction of sp³-hybridized carbons (Fsp3) is 0.353. The predicted octanol–water partition coefficient (Wildman–Crippen LogP) is 2.53. The molecule has 2 amide bonds. The molecule has 1 saturated heterocycles. The van der Waals surface area contributed by atoms with Gasteiger partial charge in [-0.3, -0.25) is 9.59 Å². The lowest BCUT2D eigenvalue weighted by atomic mass is 10.00. The van der Waals surface area contributed by atoms with Crippen LogP contribution in [0.5, 0.6) is 0 Å². The summed E-state index contributed by atoms with van der Waals surface area (Å²) in [4.78, 5) is 29.0. The Kier molecular flexibility index (Phi) is 5.22. The summed E-state index contributed by atoms with van der Waals surface area (Å²) in [6.07, 6.45) is 3.25. The molecule has 7 heteroatoms. The van der Waals surface area contributed by atoms with Crippen molar-refractivity contribution in [3.8, 4) is 10.4 Å². The van der Waals surface area contributed by atoms with E-state index in [4.69, 9.17) is 4.74 Å². The first-order valence-corrected chi connectivity index (χ1v) is 8.66. The molecule has 1 aliphatic heterocycles. The summed E-state index contributed by atoms with van der Waals surface area (Å²) in [5, 5.41) is 6.08. The monoisotopic (exact) mass is 345 g/mol. The molecule has 1 aromatic heterocycles. The Morgan fingerprint density at radius 3 is 2.58 bits per heavy atom. The second-order valence-electron chi connectivity index (χ2n) is 5.56. The third-order valence-corrected chi connectivity index (χ3v) is 4.95. The highest BCUT2D eigenvalue weighted by Gasteiger charge is 2.22. The van der Waals surface area contributed by atoms with Crippen LogP contribution in [-0.2, 0) is 9.53 Å². The van der Waals surface area contributed by atoms with Crippen molar-refractivity contribution in [3.63, 3.8) is 0 Å². The molecule has 2 aromatic rings. The number of nitrogens with one attached hydrogen (secondary N) is 2. The van der Waals surface area contributed by atoms with Gasteiger partial charge in [0.15, 0.2) is 5.13 Å². The van der Waals surface area contributed by atoms with Crippen LogP contribution in [0.3, 0.4) is 0 Å². The van der Waals surface area contributed by atoms with E-state index in [9.17, 15) is 9.59 Å². The smallest absolute Gasteiger partial charge is 0.251 e. The number of carbonyl (C=O) groups excluding carboxylic acids is 2. The minimum Gasteiger partial charge on any atom is -0.381 e. The summed E-state index contributed by atoms with van der Waals surface area (Å²) in [7, 11) is 1.60. The van der Waals surface area contributed by atoms with Crippen molar-refractivity contribution in [2.24, 2.45) is 5.92 Å². The molecule has 1 aliphatic rings. The molecule has 2 heterocycles. The Bertz CT molecular complexity index is 721. The van der Waals surface area contributed by atoms with Gasteiger partial charge in [-0.25, -0.2) is 4.98 Å². The molecule has 6 nitrogen and oxygen atoms in total. The third kappa shape index (κ3) is 3.80. The van der Waals surface area contributed by atoms with E-state index in [1.54, 1.807) is 25.4 Å². The zero-order valence-corrected chi connectivity index (χ0v) is 14.2. The Labute approximate surface area is 144 Å². The molecule has 0 radical (unpaired) electrons. The molecule has 2 N–H and O–H groups in total. The maximum Gasteiger partial charge on any atom is 0.251 e. The standard InChI is InChI=1S/C17H19N3O3S/c1-18-15(21)12-4-2-11(3-5-12)14-10-19-17(24-14)20-16(22)13-6-8-23-9-7-13/h2-5,10,13H,6-9H2,1H3,(H,18,21)(H,19,20,22). The molecular formula is C17H19N3O3S. The number of anilines is 1. The molecule has 0 unspecified atom stereocenters. The highest BCUT2D eigenvalue weighted by atomic mass is 32.1. The van der Waals surface area contributed by atoms with Crippen LogP contribution in [0.25, 0.3) is 10.4 Å². The first-order valence-electron chi connectivity index (χ1n) is 7.84. The minimum atomic E-state index is -0.115. The van der Waals surface area contributed by atoms with E-state index >= 15 is 0 Å². The maximum absolute atomic E-state index is 12.2. The van der Waals surface area contributed by atoms with Crippen molar-refractivity contribution in [1.29, 1.82) is 0 Å². The van der Waals surface area contributed by atoms with Crippen molar-refractivity contribution < 1.29 is 14.3 Å². The van der Waals surface area contributed by atoms with Gasteiger partial charge < -0.3 is 15.4 Å². The fourth-order valence-corrected chi connectivity index (χ4v) is 3.39. The molecule has 0 saturated carbocycles. The maximum atomic E-state index is 12.2. The van der Waals surface area contributed by atoms with Crippen LogP contribution in [0.2, 0.25) is 0 Å². The number of amides is 2. The van der Waals surface area contributed by atoms with Crippen LogP contribution in [-0.4, -0.2) is 37.1 Å². The molecule has 24 heavy (non-hydrogen) atoms. The molecular weight excluding hydrogens is 326 g/mol. The number of benzene rings is 1. The lowest BCUT2D eigenvalue weighted by molar-refractivity contribution is -0.122. The zero-order valence-electron chi connectivity index (χ0n) is 13.4. The van der Waals surface area contributed by atoms with Gasteiger partial charge in [-0.05, 0) is 30.5 Å². The lowest BCUT2D eigenvalue weighted by Gasteiger charge is -2.20. The number of hydrogen-bond donors (Lipinski definition) is 2. The second-order valence-corrected chi connectivity index (χ2v) is 6.59. The molecule has 0 atom stereocenters. The molecule has 0 spiro atoms. The Morgan fingerprint density at radius 2 is 1.92 bits per heavy atom. The minimum absolute atomic E-state index is 0.00191. The van der Waals surface area contributed by atoms with Gasteiger partial charge in [-0.15, -0.1) is 0 Å². The van der Waals surface area contributed by atoms with Gasteiger partial charge in [-0.2, -0.15) is 0 Å². The van der Waals surface area contributed by atoms with Gasteiger partial charge >= 0.3 is 0 Å². The Balaban J connectivity index is 1.66. The molecule has 1 fully saturated rings. The SMILES string of the molecule is CNC(=O)c1ccc(-c2cnc(NC(=O)C3CCOCC3)s2)cc1. The molecule has 126 valence electrons. The number of hydrogen-bond acceptors (Lipinski definition) is 5. The third-order valence-electron chi connectivity index (χ3n) is 3.99. The van der Waals surface area contributed by atoms with E-state index in [-0.39, 0.29) is 17.7 Å². The fourth-order valence-electron chi connectivity index (χ4n) is 2.56. The Morgan fingerprint density at radius 1 is 1.21 bits per heavy atom. The number of ether oxygens (including phenoxy) is 1. The van der Waals surface area contributed by atoms with Crippen LogP contribution < -0.4 is 10.6 Å². The van der Waals surface area contributed by atoms with Crippen LogP contribution in [0.4, 0.5) is 5.13 Å². The predicted molar refractivity (Wildman–Crippen MR) is 93.1 cm³/mol. The van der Waals surface area contributed by atoms with Crippen LogP contribution in [0.1, 0.15) is 23.2 Å². The first kappa shape index (κ1) is 16.6. The average molecular weight is 345 g/mol. The van der Waals surface area contributed by atoms with Crippen molar-refractivity contribution in [2.45, 2.75) is 12.8 Å². The van der Waals surface area contributed by atoms with Gasteiger partial charge in [0.05, 0.1) is 4.88 Å². The summed E-state index contributed by atoms with van der Waals surface area (Å²) >= 11 is 1.42. The van der Waals surface area contributed by atoms with Gasteiger partial charge in [0.25, 0.3) is 5.91 Å². The lowest BCUT2D eigenvalue weighted by Crippen LogP contribution is -2.28. The van der Waals surface area contributed by atoms with Crippen LogP contribution in [0.15, 0.2) is 30.5 Å². The number of thiazole rings is 1. The highest BCUT2D eigenvalue weighted by Crippen LogP contribution is 2.29. The summed E-state index contributed by atoms with van der Waals surface area (Å²) in [6, 6.07) is 7.30. The second kappa shape index (κ2) is 7.55. The Hall–Kier alpha value is -2.25. The number of carbonyl (C=O) groups is 2. The van der Waals surface area contributed by atoms with Gasteiger partial charge in [0.1, 0.15) is 0 Å². The average Bonchev–Trinajstić information content (AvgIpc) is 3.10. The zero-order chi connectivity index (χ0) is 16.9. The summed E-state index contributed by atoms with van der Waals surface area (Å²) in [6.45, 7) is 1.28. The van der Waals surface area contributed by atoms with Crippen LogP contribution >= 0.6 is 11.3 Å². The van der Waals surface area contributed by atoms with Gasteiger partial charge in [-0.1, -0.05) is 23.5 Å². The van der Waals surface area contributed by atoms with E-state index in [2.05, 4.69) is 15.6 Å². The number of aromatic nitrogens is 1. The van der Waals surface area contributed by atoms with E-state index < -0.39 is 0 Å². The quantitative estimate of drug-likeness (QED) is 0.892. The van der Waals surface area contributed by atoms with Crippen molar-refractivity contribution in [3.05, 3.63) is 36.0 Å². The molecule has 0 aliphatic carbocycles. The first-order chi connectivity index (χ1) is 11.7. The van der Waals surface area contributed by atoms with Crippen molar-refractivity contribution >= 4 is 28.3 Å². The van der Waals surface area contributed by atoms with E-state index in [0.717, 1.165) is 23.3 Å². The van der Waals surface area contributed by atoms with Crippen LogP contribution in [0, 0.1) is 5.92 Å². The molecule has 3 rings (SSSR count). The van der Waals surface area contributed by atoms with E-state index in [1.807, 2.05) is 12.1 Å². The normalized spacial score (nSPS) is 15.0. The topological polar surface area (TPSA) is 80.3 Å². The molecule has 1 aromatic carbocycles. The number of nitrogens with zero attached hydrogens (tertiary/aromatic N) is 1. The van der Waals surface area contributed by atoms with Gasteiger partial charge in [0, 0.05) is 37.9 Å². The van der Waals surface area contributed by atoms with Gasteiger partial charge in [0.2, 0.25) is 5.91 Å². The van der Waals surface area contributed by atoms with E-state index in [0.29, 0.717) is 23.9 Å². The highest BCUT2D eigenvalue weighted by molar-refractivity contribution is 7.19. The van der Waals surface area contributed by atoms with E-state index in [1.165, 1.54) is 11.3 Å². The summed E-state index contributed by atoms with van der Waals surface area (Å²) in [5.41, 5.74) is 1.57. The largest absolute Gasteiger partial charge is 0.381 e. The summed E-state index contributed by atoms with van der Waals surface area (Å²) in [5.74, 6) is -0.109.